The van der Waals surface area contributed by atoms with E-state index in [1.165, 1.54) is 4.90 Å². The third-order valence-electron chi connectivity index (χ3n) is 3.54. The Morgan fingerprint density at radius 3 is 2.62 bits per heavy atom. The van der Waals surface area contributed by atoms with Crippen molar-refractivity contribution < 1.29 is 24.3 Å². The SMILES string of the molecule is CC(CCCNC(=O)N1CC(=O)NC(=O)C1(C)C)C(=O)O. The normalized spacial score (nSPS) is 18.9. The molecular weight excluding hydrogens is 278 g/mol. The number of aliphatic carboxylic acids is 1. The van der Waals surface area contributed by atoms with Crippen LogP contribution in [0.1, 0.15) is 33.6 Å². The maximum Gasteiger partial charge on any atom is 0.318 e. The number of carboxylic acid groups (broad SMARTS) is 1. The molecule has 1 unspecified atom stereocenters. The van der Waals surface area contributed by atoms with Crippen LogP contribution in [-0.2, 0) is 14.4 Å². The second-order valence-corrected chi connectivity index (χ2v) is 5.64. The van der Waals surface area contributed by atoms with Crippen LogP contribution in [0.3, 0.4) is 0 Å². The van der Waals surface area contributed by atoms with Crippen molar-refractivity contribution in [3.63, 3.8) is 0 Å². The molecule has 8 nitrogen and oxygen atoms in total. The van der Waals surface area contributed by atoms with Gasteiger partial charge in [0.15, 0.2) is 0 Å². The first kappa shape index (κ1) is 16.9. The lowest BCUT2D eigenvalue weighted by molar-refractivity contribution is -0.143. The molecule has 0 aromatic rings. The quantitative estimate of drug-likeness (QED) is 0.485. The molecule has 1 rings (SSSR count). The van der Waals surface area contributed by atoms with Crippen molar-refractivity contribution in [1.82, 2.24) is 15.5 Å². The molecule has 0 aromatic heterocycles. The minimum absolute atomic E-state index is 0.184. The number of urea groups is 1. The molecule has 3 N–H and O–H groups in total. The van der Waals surface area contributed by atoms with Crippen LogP contribution in [0.25, 0.3) is 0 Å². The number of nitrogens with zero attached hydrogens (tertiary/aromatic N) is 1. The van der Waals surface area contributed by atoms with E-state index in [4.69, 9.17) is 5.11 Å². The fraction of sp³-hybridized carbons (Fsp3) is 0.692. The summed E-state index contributed by atoms with van der Waals surface area (Å²) in [6.07, 6.45) is 0.950. The number of nitrogens with one attached hydrogen (secondary N) is 2. The van der Waals surface area contributed by atoms with Gasteiger partial charge in [0.2, 0.25) is 5.91 Å². The van der Waals surface area contributed by atoms with Gasteiger partial charge in [0.1, 0.15) is 12.1 Å². The summed E-state index contributed by atoms with van der Waals surface area (Å²) in [4.78, 5) is 46.9. The monoisotopic (exact) mass is 299 g/mol. The molecule has 1 saturated heterocycles. The molecule has 4 amide bonds. The van der Waals surface area contributed by atoms with Gasteiger partial charge in [0.25, 0.3) is 5.91 Å². The minimum Gasteiger partial charge on any atom is -0.481 e. The van der Waals surface area contributed by atoms with E-state index in [9.17, 15) is 19.2 Å². The van der Waals surface area contributed by atoms with E-state index in [2.05, 4.69) is 10.6 Å². The van der Waals surface area contributed by atoms with E-state index in [1.807, 2.05) is 0 Å². The molecule has 118 valence electrons. The Morgan fingerprint density at radius 1 is 1.43 bits per heavy atom. The van der Waals surface area contributed by atoms with Crippen LogP contribution in [-0.4, -0.2) is 52.4 Å². The number of carbonyl (C=O) groups is 4. The van der Waals surface area contributed by atoms with Crippen LogP contribution in [0, 0.1) is 5.92 Å². The lowest BCUT2D eigenvalue weighted by Crippen LogP contribution is -2.67. The van der Waals surface area contributed by atoms with Crippen molar-refractivity contribution in [1.29, 1.82) is 0 Å². The van der Waals surface area contributed by atoms with Crippen LogP contribution in [0.5, 0.6) is 0 Å². The third-order valence-corrected chi connectivity index (χ3v) is 3.54. The Labute approximate surface area is 122 Å². The average Bonchev–Trinajstić information content (AvgIpc) is 2.38. The summed E-state index contributed by atoms with van der Waals surface area (Å²) in [6.45, 7) is 4.82. The van der Waals surface area contributed by atoms with Crippen molar-refractivity contribution >= 4 is 23.8 Å². The Hall–Kier alpha value is -2.12. The van der Waals surface area contributed by atoms with Gasteiger partial charge in [0.05, 0.1) is 5.92 Å². The Kier molecular flexibility index (Phi) is 5.28. The van der Waals surface area contributed by atoms with E-state index >= 15 is 0 Å². The molecule has 1 heterocycles. The molecule has 0 aromatic carbocycles. The molecule has 1 fully saturated rings. The molecule has 0 aliphatic carbocycles. The summed E-state index contributed by atoms with van der Waals surface area (Å²) in [7, 11) is 0. The van der Waals surface area contributed by atoms with Crippen molar-refractivity contribution in [3.05, 3.63) is 0 Å². The van der Waals surface area contributed by atoms with Crippen molar-refractivity contribution in [2.45, 2.75) is 39.2 Å². The summed E-state index contributed by atoms with van der Waals surface area (Å²) in [5.74, 6) is -2.39. The van der Waals surface area contributed by atoms with Crippen molar-refractivity contribution in [2.75, 3.05) is 13.1 Å². The number of hydrogen-bond acceptors (Lipinski definition) is 4. The van der Waals surface area contributed by atoms with E-state index in [-0.39, 0.29) is 6.54 Å². The van der Waals surface area contributed by atoms with E-state index in [1.54, 1.807) is 20.8 Å². The maximum atomic E-state index is 12.0. The highest BCUT2D eigenvalue weighted by molar-refractivity contribution is 6.05. The molecule has 1 aliphatic heterocycles. The highest BCUT2D eigenvalue weighted by Gasteiger charge is 2.43. The van der Waals surface area contributed by atoms with Gasteiger partial charge in [-0.3, -0.25) is 19.7 Å². The number of piperazine rings is 1. The predicted octanol–water partition coefficient (Wildman–Crippen LogP) is -0.0661. The summed E-state index contributed by atoms with van der Waals surface area (Å²) >= 11 is 0. The Morgan fingerprint density at radius 2 is 2.05 bits per heavy atom. The van der Waals surface area contributed by atoms with Gasteiger partial charge in [-0.15, -0.1) is 0 Å². The van der Waals surface area contributed by atoms with Crippen molar-refractivity contribution in [2.24, 2.45) is 5.92 Å². The molecule has 0 spiro atoms. The van der Waals surface area contributed by atoms with Gasteiger partial charge in [-0.25, -0.2) is 4.79 Å². The zero-order valence-corrected chi connectivity index (χ0v) is 12.4. The Balaban J connectivity index is 2.49. The van der Waals surface area contributed by atoms with Crippen LogP contribution < -0.4 is 10.6 Å². The fourth-order valence-electron chi connectivity index (χ4n) is 1.93. The molecule has 0 saturated carbocycles. The van der Waals surface area contributed by atoms with Gasteiger partial charge in [-0.1, -0.05) is 6.92 Å². The van der Waals surface area contributed by atoms with E-state index < -0.39 is 35.3 Å². The van der Waals surface area contributed by atoms with Crippen molar-refractivity contribution in [3.8, 4) is 0 Å². The van der Waals surface area contributed by atoms with Gasteiger partial charge in [0, 0.05) is 6.54 Å². The Bertz CT molecular complexity index is 461. The maximum absolute atomic E-state index is 12.0. The van der Waals surface area contributed by atoms with E-state index in [0.717, 1.165) is 0 Å². The zero-order valence-electron chi connectivity index (χ0n) is 12.4. The summed E-state index contributed by atoms with van der Waals surface area (Å²) in [5, 5.41) is 13.5. The van der Waals surface area contributed by atoms with Gasteiger partial charge < -0.3 is 15.3 Å². The smallest absolute Gasteiger partial charge is 0.318 e. The van der Waals surface area contributed by atoms with Gasteiger partial charge >= 0.3 is 12.0 Å². The van der Waals surface area contributed by atoms with Crippen LogP contribution in [0.15, 0.2) is 0 Å². The van der Waals surface area contributed by atoms with Crippen LogP contribution in [0.2, 0.25) is 0 Å². The largest absolute Gasteiger partial charge is 0.481 e. The average molecular weight is 299 g/mol. The second-order valence-electron chi connectivity index (χ2n) is 5.64. The molecular formula is C13H21N3O5. The first-order valence-electron chi connectivity index (χ1n) is 6.78. The third kappa shape index (κ3) is 4.17. The number of carboxylic acids is 1. The molecule has 0 bridgehead atoms. The number of amides is 4. The molecule has 8 heteroatoms. The summed E-state index contributed by atoms with van der Waals surface area (Å²) in [6, 6.07) is -0.508. The van der Waals surface area contributed by atoms with Gasteiger partial charge in [-0.2, -0.15) is 0 Å². The number of hydrogen-bond donors (Lipinski definition) is 3. The second kappa shape index (κ2) is 6.55. The molecule has 1 aliphatic rings. The topological polar surface area (TPSA) is 116 Å². The first-order chi connectivity index (χ1) is 9.66. The predicted molar refractivity (Wildman–Crippen MR) is 73.4 cm³/mol. The van der Waals surface area contributed by atoms with Gasteiger partial charge in [-0.05, 0) is 26.7 Å². The number of rotatable bonds is 5. The standard InChI is InChI=1S/C13H21N3O5/c1-8(10(18)19)5-4-6-14-12(21)16-7-9(17)15-11(20)13(16,2)3/h8H,4-7H2,1-3H3,(H,14,21)(H,18,19)(H,15,17,20). The van der Waals surface area contributed by atoms with Crippen LogP contribution in [0.4, 0.5) is 4.79 Å². The highest BCUT2D eigenvalue weighted by Crippen LogP contribution is 2.18. The fourth-order valence-corrected chi connectivity index (χ4v) is 1.93. The number of imide groups is 1. The minimum atomic E-state index is -1.10. The first-order valence-corrected chi connectivity index (χ1v) is 6.78. The molecule has 0 radical (unpaired) electrons. The zero-order chi connectivity index (χ0) is 16.2. The summed E-state index contributed by atoms with van der Waals surface area (Å²) < 4.78 is 0. The van der Waals surface area contributed by atoms with Crippen LogP contribution >= 0.6 is 0 Å². The lowest BCUT2D eigenvalue weighted by Gasteiger charge is -2.39. The highest BCUT2D eigenvalue weighted by atomic mass is 16.4. The summed E-state index contributed by atoms with van der Waals surface area (Å²) in [5.41, 5.74) is -1.10. The lowest BCUT2D eigenvalue weighted by atomic mass is 9.99. The van der Waals surface area contributed by atoms with E-state index in [0.29, 0.717) is 19.4 Å². The molecule has 1 atom stereocenters. The number of carbonyl (C=O) groups excluding carboxylic acids is 3. The molecule has 21 heavy (non-hydrogen) atoms.